The Morgan fingerprint density at radius 2 is 0.870 bits per heavy atom. The number of hydrogen-bond donors (Lipinski definition) is 0. The standard InChI is InChI=1S/C39H47N3O8S4/c1-40(2)26-31-23-32(47-15-11-45-13-17-49-38(43)41(27-34-7-3-19-51-34)28-35-8-4-20-52-35)25-33(24-31)48-16-12-46-14-18-50-39(44)42(29-36-9-5-21-53-36)30-37-10-6-22-54-37/h3-10,19-25H,11-18,26-30H2,1-2H3. The van der Waals surface area contributed by atoms with Crippen molar-refractivity contribution in [3.05, 3.63) is 113 Å². The number of rotatable bonds is 24. The van der Waals surface area contributed by atoms with E-state index < -0.39 is 0 Å². The van der Waals surface area contributed by atoms with Gasteiger partial charge in [-0.1, -0.05) is 24.3 Å². The molecule has 0 unspecified atom stereocenters. The zero-order chi connectivity index (χ0) is 37.8. The molecule has 1 aromatic carbocycles. The molecule has 0 bridgehead atoms. The molecular weight excluding hydrogens is 767 g/mol. The maximum absolute atomic E-state index is 12.9. The van der Waals surface area contributed by atoms with Crippen LogP contribution in [0.2, 0.25) is 0 Å². The van der Waals surface area contributed by atoms with E-state index in [0.717, 1.165) is 25.1 Å². The fourth-order valence-corrected chi connectivity index (χ4v) is 8.06. The molecule has 0 atom stereocenters. The number of carbonyl (C=O) groups excluding carboxylic acids is 2. The van der Waals surface area contributed by atoms with E-state index in [9.17, 15) is 9.59 Å². The summed E-state index contributed by atoms with van der Waals surface area (Å²) in [7, 11) is 4.01. The summed E-state index contributed by atoms with van der Waals surface area (Å²) in [4.78, 5) is 35.6. The number of hydrogen-bond acceptors (Lipinski definition) is 13. The predicted molar refractivity (Wildman–Crippen MR) is 215 cm³/mol. The highest BCUT2D eigenvalue weighted by atomic mass is 32.1. The number of thiophene rings is 4. The summed E-state index contributed by atoms with van der Waals surface area (Å²) in [6, 6.07) is 21.8. The van der Waals surface area contributed by atoms with Gasteiger partial charge in [0, 0.05) is 32.1 Å². The molecule has 4 heterocycles. The normalized spacial score (nSPS) is 11.1. The molecule has 0 saturated carbocycles. The van der Waals surface area contributed by atoms with Crippen LogP contribution >= 0.6 is 45.3 Å². The fraction of sp³-hybridized carbons (Fsp3) is 0.385. The van der Waals surface area contributed by atoms with Gasteiger partial charge in [-0.15, -0.1) is 45.3 Å². The highest BCUT2D eigenvalue weighted by Gasteiger charge is 2.18. The van der Waals surface area contributed by atoms with Gasteiger partial charge < -0.3 is 33.3 Å². The zero-order valence-electron chi connectivity index (χ0n) is 30.6. The molecule has 0 aliphatic rings. The van der Waals surface area contributed by atoms with Gasteiger partial charge in [0.25, 0.3) is 0 Å². The van der Waals surface area contributed by atoms with Crippen molar-refractivity contribution in [2.45, 2.75) is 32.7 Å². The van der Waals surface area contributed by atoms with Crippen LogP contribution in [-0.4, -0.2) is 93.8 Å². The molecule has 0 saturated heterocycles. The average molecular weight is 814 g/mol. The molecule has 0 aliphatic heterocycles. The minimum Gasteiger partial charge on any atom is -0.491 e. The van der Waals surface area contributed by atoms with Crippen LogP contribution in [-0.2, 0) is 51.7 Å². The van der Waals surface area contributed by atoms with E-state index in [1.165, 1.54) is 0 Å². The van der Waals surface area contributed by atoms with Gasteiger partial charge in [-0.25, -0.2) is 9.59 Å². The Labute approximate surface area is 333 Å². The molecule has 290 valence electrons. The second-order valence-electron chi connectivity index (χ2n) is 12.2. The molecule has 0 aliphatic carbocycles. The van der Waals surface area contributed by atoms with Crippen LogP contribution < -0.4 is 9.47 Å². The Kier molecular flexibility index (Phi) is 17.6. The number of ether oxygens (including phenoxy) is 6. The molecule has 2 amide bonds. The number of nitrogens with zero attached hydrogens (tertiary/aromatic N) is 3. The summed E-state index contributed by atoms with van der Waals surface area (Å²) in [6.07, 6.45) is -0.735. The van der Waals surface area contributed by atoms with Crippen LogP contribution in [0.1, 0.15) is 25.1 Å². The third-order valence-corrected chi connectivity index (χ3v) is 11.0. The first kappa shape index (κ1) is 41.2. The third kappa shape index (κ3) is 15.1. The third-order valence-electron chi connectivity index (χ3n) is 7.56. The molecule has 54 heavy (non-hydrogen) atoms. The summed E-state index contributed by atoms with van der Waals surface area (Å²) in [6.45, 7) is 4.83. The van der Waals surface area contributed by atoms with E-state index in [1.807, 2.05) is 102 Å². The molecular formula is C39H47N3O8S4. The monoisotopic (exact) mass is 813 g/mol. The predicted octanol–water partition coefficient (Wildman–Crippen LogP) is 8.46. The van der Waals surface area contributed by atoms with Crippen molar-refractivity contribution in [2.24, 2.45) is 0 Å². The van der Waals surface area contributed by atoms with Crippen LogP contribution in [0.4, 0.5) is 9.59 Å². The molecule has 0 spiro atoms. The molecule has 0 fully saturated rings. The smallest absolute Gasteiger partial charge is 0.410 e. The average Bonchev–Trinajstić information content (AvgIpc) is 4.00. The van der Waals surface area contributed by atoms with E-state index in [0.29, 0.717) is 70.7 Å². The van der Waals surface area contributed by atoms with Gasteiger partial charge in [0.05, 0.1) is 52.6 Å². The Bertz CT molecular complexity index is 1560. The molecule has 0 N–H and O–H groups in total. The van der Waals surface area contributed by atoms with Crippen LogP contribution in [0.5, 0.6) is 11.5 Å². The highest BCUT2D eigenvalue weighted by molar-refractivity contribution is 7.10. The maximum atomic E-state index is 12.9. The van der Waals surface area contributed by atoms with E-state index in [1.54, 1.807) is 55.1 Å². The largest absolute Gasteiger partial charge is 0.491 e. The van der Waals surface area contributed by atoms with Gasteiger partial charge in [0.2, 0.25) is 0 Å². The molecule has 5 rings (SSSR count). The van der Waals surface area contributed by atoms with Crippen molar-refractivity contribution in [2.75, 3.05) is 67.0 Å². The van der Waals surface area contributed by atoms with Gasteiger partial charge in [-0.2, -0.15) is 0 Å². The van der Waals surface area contributed by atoms with E-state index in [2.05, 4.69) is 4.90 Å². The minimum absolute atomic E-state index is 0.147. The lowest BCUT2D eigenvalue weighted by atomic mass is 10.2. The molecule has 11 nitrogen and oxygen atoms in total. The van der Waals surface area contributed by atoms with E-state index in [-0.39, 0.29) is 38.6 Å². The Morgan fingerprint density at radius 3 is 1.20 bits per heavy atom. The van der Waals surface area contributed by atoms with Crippen molar-refractivity contribution in [1.29, 1.82) is 0 Å². The maximum Gasteiger partial charge on any atom is 0.410 e. The van der Waals surface area contributed by atoms with Crippen LogP contribution in [0, 0.1) is 0 Å². The van der Waals surface area contributed by atoms with Crippen molar-refractivity contribution in [3.8, 4) is 11.5 Å². The first-order valence-corrected chi connectivity index (χ1v) is 21.1. The fourth-order valence-electron chi connectivity index (χ4n) is 5.19. The number of benzene rings is 1. The SMILES string of the molecule is CN(C)Cc1cc(OCCOCCOC(=O)N(Cc2cccs2)Cc2cccs2)cc(OCCOCCOC(=O)N(Cc2cccs2)Cc2cccs2)c1. The van der Waals surface area contributed by atoms with Crippen LogP contribution in [0.15, 0.2) is 88.3 Å². The molecule has 15 heteroatoms. The van der Waals surface area contributed by atoms with Crippen LogP contribution in [0.3, 0.4) is 0 Å². The second kappa shape index (κ2) is 23.1. The number of amides is 2. The van der Waals surface area contributed by atoms with E-state index >= 15 is 0 Å². The van der Waals surface area contributed by atoms with Gasteiger partial charge >= 0.3 is 12.2 Å². The Morgan fingerprint density at radius 1 is 0.500 bits per heavy atom. The summed E-state index contributed by atoms with van der Waals surface area (Å²) >= 11 is 6.46. The highest BCUT2D eigenvalue weighted by Crippen LogP contribution is 2.24. The molecule has 5 aromatic rings. The topological polar surface area (TPSA) is 99.2 Å². The Balaban J connectivity index is 0.976. The first-order chi connectivity index (χ1) is 26.4. The van der Waals surface area contributed by atoms with Gasteiger partial charge in [-0.05, 0) is 77.6 Å². The lowest BCUT2D eigenvalue weighted by Crippen LogP contribution is -2.31. The lowest BCUT2D eigenvalue weighted by molar-refractivity contribution is 0.0423. The van der Waals surface area contributed by atoms with Crippen LogP contribution in [0.25, 0.3) is 0 Å². The lowest BCUT2D eigenvalue weighted by Gasteiger charge is -2.21. The second-order valence-corrected chi connectivity index (χ2v) is 16.4. The van der Waals surface area contributed by atoms with Gasteiger partial charge in [0.1, 0.15) is 37.9 Å². The van der Waals surface area contributed by atoms with Crippen molar-refractivity contribution < 1.29 is 38.0 Å². The zero-order valence-corrected chi connectivity index (χ0v) is 33.9. The summed E-state index contributed by atoms with van der Waals surface area (Å²) in [5.74, 6) is 1.33. The summed E-state index contributed by atoms with van der Waals surface area (Å²) < 4.78 is 34.5. The van der Waals surface area contributed by atoms with Crippen molar-refractivity contribution in [3.63, 3.8) is 0 Å². The minimum atomic E-state index is -0.368. The van der Waals surface area contributed by atoms with E-state index in [4.69, 9.17) is 28.4 Å². The van der Waals surface area contributed by atoms with Crippen molar-refractivity contribution >= 4 is 57.5 Å². The summed E-state index contributed by atoms with van der Waals surface area (Å²) in [5, 5.41) is 8.01. The molecule has 4 aromatic heterocycles. The summed E-state index contributed by atoms with van der Waals surface area (Å²) in [5.41, 5.74) is 1.04. The Hall–Kier alpha value is -3.96. The first-order valence-electron chi connectivity index (χ1n) is 17.5. The number of carbonyl (C=O) groups is 2. The molecule has 0 radical (unpaired) electrons. The van der Waals surface area contributed by atoms with Gasteiger partial charge in [-0.3, -0.25) is 9.80 Å². The van der Waals surface area contributed by atoms with Crippen molar-refractivity contribution in [1.82, 2.24) is 14.7 Å². The van der Waals surface area contributed by atoms with Gasteiger partial charge in [0.15, 0.2) is 0 Å². The quantitative estimate of drug-likeness (QED) is 0.0569.